The summed E-state index contributed by atoms with van der Waals surface area (Å²) < 4.78 is 32.0. The molecular formula is C18H21N3O5S. The fourth-order valence-electron chi connectivity index (χ4n) is 2.31. The zero-order valence-corrected chi connectivity index (χ0v) is 16.0. The molecule has 0 aliphatic carbocycles. The van der Waals surface area contributed by atoms with Gasteiger partial charge in [-0.3, -0.25) is 9.59 Å². The van der Waals surface area contributed by atoms with Crippen LogP contribution in [0.25, 0.3) is 0 Å². The minimum atomic E-state index is -3.83. The number of ether oxygens (including phenoxy) is 1. The van der Waals surface area contributed by atoms with Gasteiger partial charge in [0, 0.05) is 18.3 Å². The number of carbonyl (C=O) groups is 2. The summed E-state index contributed by atoms with van der Waals surface area (Å²) in [6, 6.07) is 10.9. The van der Waals surface area contributed by atoms with Gasteiger partial charge in [0.15, 0.2) is 0 Å². The first kappa shape index (κ1) is 20.4. The van der Waals surface area contributed by atoms with Crippen molar-refractivity contribution in [2.45, 2.75) is 18.7 Å². The van der Waals surface area contributed by atoms with Gasteiger partial charge < -0.3 is 15.4 Å². The molecule has 0 unspecified atom stereocenters. The standard InChI is InChI=1S/C18H21N3O5S/c1-12-10-16(8-9-17(12)26-3)27(24,25)19-11-18(23)21-15-6-4-14(5-7-15)20-13(2)22/h4-10,19H,11H2,1-3H3,(H,20,22)(H,21,23). The van der Waals surface area contributed by atoms with Crippen molar-refractivity contribution < 1.29 is 22.7 Å². The molecular weight excluding hydrogens is 370 g/mol. The largest absolute Gasteiger partial charge is 0.496 e. The van der Waals surface area contributed by atoms with Crippen LogP contribution in [0.5, 0.6) is 5.75 Å². The average Bonchev–Trinajstić information content (AvgIpc) is 2.61. The molecule has 0 aliphatic rings. The molecule has 0 heterocycles. The Kier molecular flexibility index (Phi) is 6.54. The highest BCUT2D eigenvalue weighted by Crippen LogP contribution is 2.21. The van der Waals surface area contributed by atoms with Crippen LogP contribution in [0.4, 0.5) is 11.4 Å². The molecule has 144 valence electrons. The number of anilines is 2. The number of sulfonamides is 1. The summed E-state index contributed by atoms with van der Waals surface area (Å²) in [5.74, 6) is -0.138. The highest BCUT2D eigenvalue weighted by molar-refractivity contribution is 7.89. The first-order valence-electron chi connectivity index (χ1n) is 8.03. The fourth-order valence-corrected chi connectivity index (χ4v) is 3.37. The zero-order chi connectivity index (χ0) is 20.0. The predicted molar refractivity (Wildman–Crippen MR) is 102 cm³/mol. The molecule has 2 rings (SSSR count). The van der Waals surface area contributed by atoms with E-state index in [4.69, 9.17) is 4.74 Å². The van der Waals surface area contributed by atoms with E-state index in [2.05, 4.69) is 15.4 Å². The van der Waals surface area contributed by atoms with Crippen LogP contribution in [0.1, 0.15) is 12.5 Å². The molecule has 0 radical (unpaired) electrons. The number of aryl methyl sites for hydroxylation is 1. The lowest BCUT2D eigenvalue weighted by atomic mass is 10.2. The van der Waals surface area contributed by atoms with Crippen LogP contribution in [-0.2, 0) is 19.6 Å². The van der Waals surface area contributed by atoms with E-state index in [0.717, 1.165) is 0 Å². The minimum absolute atomic E-state index is 0.0493. The van der Waals surface area contributed by atoms with E-state index in [-0.39, 0.29) is 10.8 Å². The summed E-state index contributed by atoms with van der Waals surface area (Å²) in [6.07, 6.45) is 0. The van der Waals surface area contributed by atoms with E-state index < -0.39 is 22.5 Å². The van der Waals surface area contributed by atoms with Gasteiger partial charge in [0.1, 0.15) is 5.75 Å². The second-order valence-corrected chi connectivity index (χ2v) is 7.53. The van der Waals surface area contributed by atoms with E-state index in [0.29, 0.717) is 22.7 Å². The molecule has 0 fully saturated rings. The number of methoxy groups -OCH3 is 1. The van der Waals surface area contributed by atoms with E-state index >= 15 is 0 Å². The van der Waals surface area contributed by atoms with Gasteiger partial charge >= 0.3 is 0 Å². The van der Waals surface area contributed by atoms with Gasteiger partial charge in [0.2, 0.25) is 21.8 Å². The van der Waals surface area contributed by atoms with Gasteiger partial charge in [0.25, 0.3) is 0 Å². The lowest BCUT2D eigenvalue weighted by Crippen LogP contribution is -2.32. The predicted octanol–water partition coefficient (Wildman–Crippen LogP) is 1.88. The molecule has 3 N–H and O–H groups in total. The van der Waals surface area contributed by atoms with E-state index in [9.17, 15) is 18.0 Å². The minimum Gasteiger partial charge on any atom is -0.496 e. The van der Waals surface area contributed by atoms with Crippen LogP contribution in [0.2, 0.25) is 0 Å². The van der Waals surface area contributed by atoms with Gasteiger partial charge in [-0.1, -0.05) is 0 Å². The van der Waals surface area contributed by atoms with Crippen LogP contribution in [0.3, 0.4) is 0 Å². The number of amides is 2. The van der Waals surface area contributed by atoms with Crippen LogP contribution in [0, 0.1) is 6.92 Å². The Hall–Kier alpha value is -2.91. The Balaban J connectivity index is 1.96. The van der Waals surface area contributed by atoms with Crippen molar-refractivity contribution in [3.63, 3.8) is 0 Å². The number of benzene rings is 2. The van der Waals surface area contributed by atoms with Crippen molar-refractivity contribution in [1.29, 1.82) is 0 Å². The van der Waals surface area contributed by atoms with Crippen LogP contribution in [0.15, 0.2) is 47.4 Å². The number of rotatable bonds is 7. The average molecular weight is 391 g/mol. The van der Waals surface area contributed by atoms with Crippen molar-refractivity contribution in [1.82, 2.24) is 4.72 Å². The summed E-state index contributed by atoms with van der Waals surface area (Å²) in [4.78, 5) is 23.0. The first-order valence-corrected chi connectivity index (χ1v) is 9.51. The van der Waals surface area contributed by atoms with Crippen molar-refractivity contribution >= 4 is 33.2 Å². The van der Waals surface area contributed by atoms with Gasteiger partial charge in [-0.2, -0.15) is 0 Å². The smallest absolute Gasteiger partial charge is 0.241 e. The Morgan fingerprint density at radius 2 is 1.59 bits per heavy atom. The topological polar surface area (TPSA) is 114 Å². The van der Waals surface area contributed by atoms with Gasteiger partial charge in [-0.05, 0) is 55.0 Å². The molecule has 0 saturated heterocycles. The SMILES string of the molecule is COc1ccc(S(=O)(=O)NCC(=O)Nc2ccc(NC(C)=O)cc2)cc1C. The number of hydrogen-bond donors (Lipinski definition) is 3. The normalized spacial score (nSPS) is 10.9. The second-order valence-electron chi connectivity index (χ2n) is 5.76. The number of carbonyl (C=O) groups excluding carboxylic acids is 2. The molecule has 2 aromatic rings. The Bertz CT molecular complexity index is 940. The Morgan fingerprint density at radius 1 is 1.00 bits per heavy atom. The molecule has 8 nitrogen and oxygen atoms in total. The monoisotopic (exact) mass is 391 g/mol. The third-order valence-electron chi connectivity index (χ3n) is 3.59. The lowest BCUT2D eigenvalue weighted by molar-refractivity contribution is -0.115. The second kappa shape index (κ2) is 8.65. The summed E-state index contributed by atoms with van der Waals surface area (Å²) in [5, 5.41) is 5.19. The molecule has 2 aromatic carbocycles. The molecule has 0 aromatic heterocycles. The maximum absolute atomic E-state index is 12.3. The van der Waals surface area contributed by atoms with Crippen LogP contribution >= 0.6 is 0 Å². The molecule has 0 atom stereocenters. The highest BCUT2D eigenvalue weighted by Gasteiger charge is 2.17. The molecule has 2 amide bonds. The van der Waals surface area contributed by atoms with Crippen LogP contribution < -0.4 is 20.1 Å². The van der Waals surface area contributed by atoms with Crippen molar-refractivity contribution in [2.24, 2.45) is 0 Å². The van der Waals surface area contributed by atoms with E-state index in [1.807, 2.05) is 0 Å². The van der Waals surface area contributed by atoms with Gasteiger partial charge in [-0.15, -0.1) is 0 Å². The number of nitrogens with one attached hydrogen (secondary N) is 3. The van der Waals surface area contributed by atoms with Crippen LogP contribution in [-0.4, -0.2) is 33.9 Å². The van der Waals surface area contributed by atoms with Crippen molar-refractivity contribution in [3.8, 4) is 5.75 Å². The van der Waals surface area contributed by atoms with E-state index in [1.54, 1.807) is 37.3 Å². The molecule has 0 spiro atoms. The quantitative estimate of drug-likeness (QED) is 0.667. The maximum Gasteiger partial charge on any atom is 0.241 e. The third-order valence-corrected chi connectivity index (χ3v) is 4.99. The molecule has 0 bridgehead atoms. The molecule has 0 saturated carbocycles. The fraction of sp³-hybridized carbons (Fsp3) is 0.222. The molecule has 0 aliphatic heterocycles. The summed E-state index contributed by atoms with van der Waals surface area (Å²) in [7, 11) is -2.33. The van der Waals surface area contributed by atoms with Gasteiger partial charge in [0.05, 0.1) is 18.6 Å². The summed E-state index contributed by atoms with van der Waals surface area (Å²) >= 11 is 0. The molecule has 9 heteroatoms. The van der Waals surface area contributed by atoms with Gasteiger partial charge in [-0.25, -0.2) is 13.1 Å². The Labute approximate surface area is 158 Å². The van der Waals surface area contributed by atoms with Crippen molar-refractivity contribution in [2.75, 3.05) is 24.3 Å². The molecule has 27 heavy (non-hydrogen) atoms. The first-order chi connectivity index (χ1) is 12.7. The summed E-state index contributed by atoms with van der Waals surface area (Å²) in [6.45, 7) is 2.71. The lowest BCUT2D eigenvalue weighted by Gasteiger charge is -2.10. The number of hydrogen-bond acceptors (Lipinski definition) is 5. The maximum atomic E-state index is 12.3. The van der Waals surface area contributed by atoms with E-state index in [1.165, 1.54) is 26.2 Å². The third kappa shape index (κ3) is 5.80. The highest BCUT2D eigenvalue weighted by atomic mass is 32.2. The summed E-state index contributed by atoms with van der Waals surface area (Å²) in [5.41, 5.74) is 1.74. The zero-order valence-electron chi connectivity index (χ0n) is 15.2. The van der Waals surface area contributed by atoms with Crippen molar-refractivity contribution in [3.05, 3.63) is 48.0 Å². The Morgan fingerprint density at radius 3 is 2.11 bits per heavy atom.